The standard InChI is InChI=1S/C34H51N5O2/c1-8-38(9-2)31(41)21-37-19-28(30(40)17-25-11-10-22(3)14-23(25)4)29(20-37)33-36-35-32(39(33)27-12-13-27)26-15-24(16-26)18-34(5,6)7/h10-11,14,24,26-29H,8-9,12-13,15-21H2,1-7H3/t24?,26?,28-,29-/m0/s1. The van der Waals surface area contributed by atoms with Crippen molar-refractivity contribution in [3.63, 3.8) is 0 Å². The molecule has 2 heterocycles. The van der Waals surface area contributed by atoms with Crippen LogP contribution in [0, 0.1) is 31.1 Å². The van der Waals surface area contributed by atoms with Crippen molar-refractivity contribution in [3.8, 4) is 0 Å². The molecule has 41 heavy (non-hydrogen) atoms. The summed E-state index contributed by atoms with van der Waals surface area (Å²) < 4.78 is 2.44. The van der Waals surface area contributed by atoms with Crippen LogP contribution in [0.25, 0.3) is 0 Å². The zero-order chi connectivity index (χ0) is 29.5. The first-order valence-corrected chi connectivity index (χ1v) is 16.0. The molecule has 1 aromatic carbocycles. The third-order valence-corrected chi connectivity index (χ3v) is 9.64. The number of hydrogen-bond donors (Lipinski definition) is 0. The zero-order valence-corrected chi connectivity index (χ0v) is 26.4. The van der Waals surface area contributed by atoms with E-state index in [-0.39, 0.29) is 23.5 Å². The molecule has 7 nitrogen and oxygen atoms in total. The van der Waals surface area contributed by atoms with Crippen molar-refractivity contribution in [2.24, 2.45) is 17.3 Å². The van der Waals surface area contributed by atoms with Gasteiger partial charge in [0.05, 0.1) is 6.54 Å². The van der Waals surface area contributed by atoms with Crippen LogP contribution < -0.4 is 0 Å². The molecule has 0 bridgehead atoms. The van der Waals surface area contributed by atoms with Gasteiger partial charge in [0.25, 0.3) is 0 Å². The number of nitrogens with zero attached hydrogens (tertiary/aromatic N) is 5. The molecule has 0 N–H and O–H groups in total. The first-order valence-electron chi connectivity index (χ1n) is 16.0. The highest BCUT2D eigenvalue weighted by Gasteiger charge is 2.45. The lowest BCUT2D eigenvalue weighted by Gasteiger charge is -2.38. The first kappa shape index (κ1) is 29.9. The van der Waals surface area contributed by atoms with Gasteiger partial charge in [0.1, 0.15) is 17.4 Å². The molecule has 0 radical (unpaired) electrons. The number of likely N-dealkylation sites (N-methyl/N-ethyl adjacent to an activating group) is 1. The minimum absolute atomic E-state index is 0.0370. The van der Waals surface area contributed by atoms with E-state index in [1.54, 1.807) is 0 Å². The molecule has 2 aromatic rings. The Morgan fingerprint density at radius 1 is 1.00 bits per heavy atom. The topological polar surface area (TPSA) is 71.3 Å². The SMILES string of the molecule is CCN(CC)C(=O)CN1C[C@H](C(=O)Cc2ccc(C)cc2C)[C@@H](c2nnc(C3CC(CC(C)(C)C)C3)n2C2CC2)C1. The number of aromatic nitrogens is 3. The molecule has 1 saturated heterocycles. The summed E-state index contributed by atoms with van der Waals surface area (Å²) in [7, 11) is 0. The Morgan fingerprint density at radius 2 is 1.68 bits per heavy atom. The third kappa shape index (κ3) is 6.76. The Kier molecular flexibility index (Phi) is 8.75. The smallest absolute Gasteiger partial charge is 0.236 e. The number of ketones is 1. The van der Waals surface area contributed by atoms with Crippen LogP contribution in [0.3, 0.4) is 0 Å². The van der Waals surface area contributed by atoms with E-state index >= 15 is 0 Å². The van der Waals surface area contributed by atoms with Crippen molar-refractivity contribution in [3.05, 3.63) is 46.5 Å². The van der Waals surface area contributed by atoms with Crippen LogP contribution in [0.1, 0.15) is 113 Å². The molecule has 3 aliphatic rings. The molecule has 2 atom stereocenters. The average Bonchev–Trinajstić information content (AvgIpc) is 3.49. The Morgan fingerprint density at radius 3 is 2.29 bits per heavy atom. The van der Waals surface area contributed by atoms with Gasteiger partial charge >= 0.3 is 0 Å². The van der Waals surface area contributed by atoms with Gasteiger partial charge in [0, 0.05) is 56.4 Å². The second kappa shape index (κ2) is 12.0. The monoisotopic (exact) mass is 561 g/mol. The summed E-state index contributed by atoms with van der Waals surface area (Å²) in [6, 6.07) is 6.81. The lowest BCUT2D eigenvalue weighted by molar-refractivity contribution is -0.132. The summed E-state index contributed by atoms with van der Waals surface area (Å²) in [5.41, 5.74) is 3.83. The maximum Gasteiger partial charge on any atom is 0.236 e. The minimum Gasteiger partial charge on any atom is -0.342 e. The molecule has 224 valence electrons. The fourth-order valence-electron chi connectivity index (χ4n) is 7.37. The van der Waals surface area contributed by atoms with Gasteiger partial charge in [0.15, 0.2) is 0 Å². The Hall–Kier alpha value is -2.54. The van der Waals surface area contributed by atoms with Crippen LogP contribution in [0.2, 0.25) is 0 Å². The van der Waals surface area contributed by atoms with Gasteiger partial charge in [-0.3, -0.25) is 14.5 Å². The van der Waals surface area contributed by atoms with Crippen molar-refractivity contribution in [1.29, 1.82) is 0 Å². The van der Waals surface area contributed by atoms with Crippen molar-refractivity contribution >= 4 is 11.7 Å². The van der Waals surface area contributed by atoms with E-state index in [9.17, 15) is 9.59 Å². The van der Waals surface area contributed by atoms with Crippen molar-refractivity contribution in [2.75, 3.05) is 32.7 Å². The Balaban J connectivity index is 1.40. The normalized spacial score (nSPS) is 24.9. The van der Waals surface area contributed by atoms with Gasteiger partial charge < -0.3 is 9.47 Å². The summed E-state index contributed by atoms with van der Waals surface area (Å²) in [4.78, 5) is 31.2. The van der Waals surface area contributed by atoms with E-state index in [1.165, 1.54) is 30.4 Å². The maximum atomic E-state index is 14.0. The van der Waals surface area contributed by atoms with Crippen LogP contribution in [0.15, 0.2) is 18.2 Å². The highest BCUT2D eigenvalue weighted by Crippen LogP contribution is 2.49. The summed E-state index contributed by atoms with van der Waals surface area (Å²) >= 11 is 0. The van der Waals surface area contributed by atoms with Gasteiger partial charge in [-0.1, -0.05) is 44.5 Å². The second-order valence-electron chi connectivity index (χ2n) is 14.4. The molecule has 5 rings (SSSR count). The second-order valence-corrected chi connectivity index (χ2v) is 14.4. The predicted octanol–water partition coefficient (Wildman–Crippen LogP) is 5.86. The molecule has 3 fully saturated rings. The van der Waals surface area contributed by atoms with Gasteiger partial charge in [0.2, 0.25) is 5.91 Å². The van der Waals surface area contributed by atoms with E-state index in [4.69, 9.17) is 10.2 Å². The van der Waals surface area contributed by atoms with Gasteiger partial charge in [-0.25, -0.2) is 0 Å². The largest absolute Gasteiger partial charge is 0.342 e. The fraction of sp³-hybridized carbons (Fsp3) is 0.706. The summed E-state index contributed by atoms with van der Waals surface area (Å²) in [6.45, 7) is 18.3. The molecular weight excluding hydrogens is 510 g/mol. The van der Waals surface area contributed by atoms with Gasteiger partial charge in [-0.15, -0.1) is 10.2 Å². The number of rotatable bonds is 11. The first-order chi connectivity index (χ1) is 19.5. The molecule has 1 aromatic heterocycles. The van der Waals surface area contributed by atoms with Crippen molar-refractivity contribution in [1.82, 2.24) is 24.6 Å². The van der Waals surface area contributed by atoms with E-state index in [0.29, 0.717) is 56.5 Å². The number of Topliss-reactive ketones (excluding diaryl/α,β-unsaturated/α-hetero) is 1. The molecule has 1 amide bonds. The number of likely N-dealkylation sites (tertiary alicyclic amines) is 1. The minimum atomic E-state index is -0.190. The number of aryl methyl sites for hydroxylation is 2. The van der Waals surface area contributed by atoms with Gasteiger partial charge in [-0.2, -0.15) is 0 Å². The van der Waals surface area contributed by atoms with Crippen LogP contribution >= 0.6 is 0 Å². The van der Waals surface area contributed by atoms with E-state index < -0.39 is 0 Å². The van der Waals surface area contributed by atoms with Crippen LogP contribution in [-0.4, -0.2) is 69.0 Å². The van der Waals surface area contributed by atoms with Crippen LogP contribution in [0.4, 0.5) is 0 Å². The maximum absolute atomic E-state index is 14.0. The van der Waals surface area contributed by atoms with E-state index in [2.05, 4.69) is 62.3 Å². The molecule has 2 saturated carbocycles. The highest BCUT2D eigenvalue weighted by molar-refractivity contribution is 5.85. The molecule has 1 aliphatic heterocycles. The lowest BCUT2D eigenvalue weighted by atomic mass is 9.68. The fourth-order valence-corrected chi connectivity index (χ4v) is 7.37. The molecule has 0 spiro atoms. The summed E-state index contributed by atoms with van der Waals surface area (Å²) in [5.74, 6) is 3.52. The number of benzene rings is 1. The molecular formula is C34H51N5O2. The zero-order valence-electron chi connectivity index (χ0n) is 26.4. The van der Waals surface area contributed by atoms with Crippen molar-refractivity contribution in [2.45, 2.75) is 105 Å². The quantitative estimate of drug-likeness (QED) is 0.344. The number of hydrogen-bond acceptors (Lipinski definition) is 5. The van der Waals surface area contributed by atoms with Crippen LogP contribution in [0.5, 0.6) is 0 Å². The Bertz CT molecular complexity index is 1250. The third-order valence-electron chi connectivity index (χ3n) is 9.64. The predicted molar refractivity (Wildman–Crippen MR) is 163 cm³/mol. The van der Waals surface area contributed by atoms with Crippen molar-refractivity contribution < 1.29 is 9.59 Å². The summed E-state index contributed by atoms with van der Waals surface area (Å²) in [6.07, 6.45) is 6.37. The Labute approximate surface area is 247 Å². The van der Waals surface area contributed by atoms with Gasteiger partial charge in [-0.05, 0) is 82.3 Å². The average molecular weight is 562 g/mol. The van der Waals surface area contributed by atoms with E-state index in [0.717, 1.165) is 36.0 Å². The molecule has 0 unspecified atom stereocenters. The van der Waals surface area contributed by atoms with Crippen LogP contribution in [-0.2, 0) is 16.0 Å². The number of carbonyl (C=O) groups is 2. The summed E-state index contributed by atoms with van der Waals surface area (Å²) in [5, 5.41) is 9.68. The molecule has 7 heteroatoms. The highest BCUT2D eigenvalue weighted by atomic mass is 16.2. The van der Waals surface area contributed by atoms with E-state index in [1.807, 2.05) is 18.7 Å². The number of carbonyl (C=O) groups excluding carboxylic acids is 2. The number of amides is 1. The molecule has 2 aliphatic carbocycles. The lowest BCUT2D eigenvalue weighted by Crippen LogP contribution is -2.39.